The van der Waals surface area contributed by atoms with Crippen LogP contribution in [0.3, 0.4) is 0 Å². The van der Waals surface area contributed by atoms with Gasteiger partial charge in [0.05, 0.1) is 0 Å². The van der Waals surface area contributed by atoms with Crippen LogP contribution in [0.4, 0.5) is 0 Å². The summed E-state index contributed by atoms with van der Waals surface area (Å²) in [6.45, 7) is 5.96. The highest BCUT2D eigenvalue weighted by Crippen LogP contribution is 2.17. The highest BCUT2D eigenvalue weighted by atomic mass is 16.4. The third-order valence-corrected chi connectivity index (χ3v) is 2.51. The van der Waals surface area contributed by atoms with Crippen molar-refractivity contribution in [3.63, 3.8) is 0 Å². The van der Waals surface area contributed by atoms with Crippen LogP contribution in [0.15, 0.2) is 12.4 Å². The zero-order valence-electron chi connectivity index (χ0n) is 9.43. The lowest BCUT2D eigenvalue weighted by atomic mass is 10.1. The molecule has 0 spiro atoms. The van der Waals surface area contributed by atoms with Crippen molar-refractivity contribution in [1.82, 2.24) is 14.4 Å². The normalized spacial score (nSPS) is 11.2. The second-order valence-corrected chi connectivity index (χ2v) is 4.07. The van der Waals surface area contributed by atoms with Gasteiger partial charge in [0.2, 0.25) is 0 Å². The van der Waals surface area contributed by atoms with Crippen LogP contribution in [-0.2, 0) is 0 Å². The minimum absolute atomic E-state index is 0.00519. The number of carboxylic acids is 1. The summed E-state index contributed by atoms with van der Waals surface area (Å²) < 4.78 is 1.69. The number of hydrogen-bond acceptors (Lipinski definition) is 3. The lowest BCUT2D eigenvalue weighted by Gasteiger charge is -2.07. The average Bonchev–Trinajstić information content (AvgIpc) is 2.61. The Labute approximate surface area is 92.8 Å². The van der Waals surface area contributed by atoms with E-state index in [4.69, 9.17) is 5.11 Å². The van der Waals surface area contributed by atoms with E-state index in [0.717, 1.165) is 11.4 Å². The van der Waals surface area contributed by atoms with Crippen LogP contribution >= 0.6 is 0 Å². The fourth-order valence-electron chi connectivity index (χ4n) is 1.59. The van der Waals surface area contributed by atoms with Crippen molar-refractivity contribution in [2.75, 3.05) is 0 Å². The summed E-state index contributed by atoms with van der Waals surface area (Å²) in [5.74, 6) is -0.782. The first-order valence-corrected chi connectivity index (χ1v) is 5.08. The topological polar surface area (TPSA) is 67.5 Å². The van der Waals surface area contributed by atoms with Crippen LogP contribution in [0.2, 0.25) is 0 Å². The van der Waals surface area contributed by atoms with Gasteiger partial charge in [0.15, 0.2) is 11.3 Å². The Morgan fingerprint density at radius 1 is 1.50 bits per heavy atom. The molecule has 0 aliphatic carbocycles. The molecule has 2 aromatic rings. The van der Waals surface area contributed by atoms with E-state index in [9.17, 15) is 4.79 Å². The van der Waals surface area contributed by atoms with E-state index in [0.29, 0.717) is 5.65 Å². The Bertz CT molecular complexity index is 558. The number of fused-ring (bicyclic) bond motifs is 1. The average molecular weight is 219 g/mol. The Morgan fingerprint density at radius 3 is 2.75 bits per heavy atom. The van der Waals surface area contributed by atoms with Crippen molar-refractivity contribution in [2.24, 2.45) is 0 Å². The molecule has 0 unspecified atom stereocenters. The molecule has 0 amide bonds. The predicted molar refractivity (Wildman–Crippen MR) is 58.8 cm³/mol. The molecule has 5 heteroatoms. The van der Waals surface area contributed by atoms with Crippen molar-refractivity contribution in [3.8, 4) is 0 Å². The van der Waals surface area contributed by atoms with Crippen molar-refractivity contribution >= 4 is 11.6 Å². The van der Waals surface area contributed by atoms with Gasteiger partial charge in [-0.2, -0.15) is 0 Å². The quantitative estimate of drug-likeness (QED) is 0.837. The van der Waals surface area contributed by atoms with E-state index >= 15 is 0 Å². The van der Waals surface area contributed by atoms with Gasteiger partial charge in [0.25, 0.3) is 0 Å². The monoisotopic (exact) mass is 219 g/mol. The zero-order chi connectivity index (χ0) is 11.9. The van der Waals surface area contributed by atoms with E-state index in [-0.39, 0.29) is 11.6 Å². The molecule has 0 atom stereocenters. The number of carbonyl (C=O) groups is 1. The van der Waals surface area contributed by atoms with E-state index in [1.165, 1.54) is 6.33 Å². The number of hydrogen-bond donors (Lipinski definition) is 1. The summed E-state index contributed by atoms with van der Waals surface area (Å²) in [4.78, 5) is 19.1. The molecule has 2 rings (SSSR count). The van der Waals surface area contributed by atoms with Crippen LogP contribution < -0.4 is 0 Å². The first-order chi connectivity index (χ1) is 7.50. The first-order valence-electron chi connectivity index (χ1n) is 5.08. The van der Waals surface area contributed by atoms with Gasteiger partial charge in [-0.25, -0.2) is 14.8 Å². The number of imidazole rings is 1. The largest absolute Gasteiger partial charge is 0.476 e. The number of carboxylic acid groups (broad SMARTS) is 1. The summed E-state index contributed by atoms with van der Waals surface area (Å²) in [6, 6.07) is 1.95. The second kappa shape index (κ2) is 3.59. The second-order valence-electron chi connectivity index (χ2n) is 4.07. The maximum absolute atomic E-state index is 11.0. The molecule has 0 bridgehead atoms. The summed E-state index contributed by atoms with van der Waals surface area (Å²) in [6.07, 6.45) is 1.49. The molecule has 5 nitrogen and oxygen atoms in total. The SMILES string of the molecule is Cc1cc(C(C)C)nc2c(C(=O)O)ncn12. The molecule has 0 aliphatic heterocycles. The minimum Gasteiger partial charge on any atom is -0.476 e. The lowest BCUT2D eigenvalue weighted by Crippen LogP contribution is -2.03. The third kappa shape index (κ3) is 1.54. The fourth-order valence-corrected chi connectivity index (χ4v) is 1.59. The smallest absolute Gasteiger partial charge is 0.358 e. The predicted octanol–water partition coefficient (Wildman–Crippen LogP) is 1.86. The Morgan fingerprint density at radius 2 is 2.19 bits per heavy atom. The van der Waals surface area contributed by atoms with Gasteiger partial charge in [0.1, 0.15) is 6.33 Å². The zero-order valence-corrected chi connectivity index (χ0v) is 9.43. The van der Waals surface area contributed by atoms with Crippen LogP contribution in [-0.4, -0.2) is 25.4 Å². The Kier molecular flexibility index (Phi) is 2.38. The number of rotatable bonds is 2. The lowest BCUT2D eigenvalue weighted by molar-refractivity contribution is 0.0693. The van der Waals surface area contributed by atoms with Gasteiger partial charge >= 0.3 is 5.97 Å². The molecule has 1 N–H and O–H groups in total. The molecule has 2 aromatic heterocycles. The van der Waals surface area contributed by atoms with Gasteiger partial charge in [0, 0.05) is 11.4 Å². The van der Waals surface area contributed by atoms with Crippen LogP contribution in [0.25, 0.3) is 5.65 Å². The van der Waals surface area contributed by atoms with Gasteiger partial charge in [-0.05, 0) is 18.9 Å². The molecule has 2 heterocycles. The Hall–Kier alpha value is -1.91. The summed E-state index contributed by atoms with van der Waals surface area (Å²) in [5.41, 5.74) is 2.24. The number of nitrogens with zero attached hydrogens (tertiary/aromatic N) is 3. The van der Waals surface area contributed by atoms with E-state index in [2.05, 4.69) is 9.97 Å². The molecule has 0 fully saturated rings. The highest BCUT2D eigenvalue weighted by molar-refractivity contribution is 5.92. The molecule has 16 heavy (non-hydrogen) atoms. The van der Waals surface area contributed by atoms with Gasteiger partial charge < -0.3 is 5.11 Å². The summed E-state index contributed by atoms with van der Waals surface area (Å²) >= 11 is 0. The minimum atomic E-state index is -1.05. The van der Waals surface area contributed by atoms with E-state index in [1.807, 2.05) is 26.8 Å². The number of aromatic carboxylic acids is 1. The van der Waals surface area contributed by atoms with Crippen molar-refractivity contribution in [3.05, 3.63) is 29.5 Å². The molecular weight excluding hydrogens is 206 g/mol. The van der Waals surface area contributed by atoms with Gasteiger partial charge in [-0.15, -0.1) is 0 Å². The maximum atomic E-state index is 11.0. The molecule has 0 radical (unpaired) electrons. The number of aromatic nitrogens is 3. The van der Waals surface area contributed by atoms with Crippen molar-refractivity contribution in [1.29, 1.82) is 0 Å². The third-order valence-electron chi connectivity index (χ3n) is 2.51. The number of aryl methyl sites for hydroxylation is 1. The fraction of sp³-hybridized carbons (Fsp3) is 0.364. The molecular formula is C11H13N3O2. The van der Waals surface area contributed by atoms with Gasteiger partial charge in [-0.3, -0.25) is 4.40 Å². The highest BCUT2D eigenvalue weighted by Gasteiger charge is 2.15. The van der Waals surface area contributed by atoms with E-state index < -0.39 is 5.97 Å². The summed E-state index contributed by atoms with van der Waals surface area (Å²) in [5, 5.41) is 8.98. The van der Waals surface area contributed by atoms with Crippen molar-refractivity contribution < 1.29 is 9.90 Å². The molecule has 0 saturated carbocycles. The standard InChI is InChI=1S/C11H13N3O2/c1-6(2)8-4-7(3)14-5-12-9(11(15)16)10(14)13-8/h4-6H,1-3H3,(H,15,16). The molecule has 0 aromatic carbocycles. The molecule has 0 aliphatic rings. The van der Waals surface area contributed by atoms with Gasteiger partial charge in [-0.1, -0.05) is 13.8 Å². The molecule has 0 saturated heterocycles. The van der Waals surface area contributed by atoms with Crippen LogP contribution in [0, 0.1) is 6.92 Å². The molecule has 84 valence electrons. The summed E-state index contributed by atoms with van der Waals surface area (Å²) in [7, 11) is 0. The first kappa shape index (κ1) is 10.6. The van der Waals surface area contributed by atoms with Crippen LogP contribution in [0.5, 0.6) is 0 Å². The van der Waals surface area contributed by atoms with Crippen LogP contribution in [0.1, 0.15) is 41.6 Å². The van der Waals surface area contributed by atoms with E-state index in [1.54, 1.807) is 4.40 Å². The van der Waals surface area contributed by atoms with Crippen molar-refractivity contribution in [2.45, 2.75) is 26.7 Å². The maximum Gasteiger partial charge on any atom is 0.358 e. The Balaban J connectivity index is 2.76.